The third-order valence-electron chi connectivity index (χ3n) is 3.18. The van der Waals surface area contributed by atoms with Gasteiger partial charge in [0.15, 0.2) is 0 Å². The number of aliphatic hydroxyl groups excluding tert-OH is 2. The number of hydrogen-bond acceptors (Lipinski definition) is 4. The summed E-state index contributed by atoms with van der Waals surface area (Å²) in [5.41, 5.74) is 2.14. The molecule has 1 aromatic rings. The maximum atomic E-state index is 10.1. The zero-order valence-corrected chi connectivity index (χ0v) is 12.0. The van der Waals surface area contributed by atoms with Crippen LogP contribution in [0.4, 0.5) is 0 Å². The lowest BCUT2D eigenvalue weighted by Gasteiger charge is -2.18. The van der Waals surface area contributed by atoms with Gasteiger partial charge in [-0.1, -0.05) is 38.1 Å². The Morgan fingerprint density at radius 2 is 1.74 bits per heavy atom. The van der Waals surface area contributed by atoms with Gasteiger partial charge in [0.05, 0.1) is 25.4 Å². The van der Waals surface area contributed by atoms with Crippen LogP contribution in [0.3, 0.4) is 0 Å². The predicted octanol–water partition coefficient (Wildman–Crippen LogP) is 1.44. The third kappa shape index (κ3) is 5.28. The van der Waals surface area contributed by atoms with Gasteiger partial charge in [-0.2, -0.15) is 0 Å². The first-order valence-electron chi connectivity index (χ1n) is 6.69. The first-order valence-corrected chi connectivity index (χ1v) is 6.69. The van der Waals surface area contributed by atoms with Gasteiger partial charge in [0.2, 0.25) is 0 Å². The summed E-state index contributed by atoms with van der Waals surface area (Å²) in [6.07, 6.45) is -0.577. The second-order valence-electron chi connectivity index (χ2n) is 5.08. The zero-order chi connectivity index (χ0) is 14.3. The lowest BCUT2D eigenvalue weighted by Crippen LogP contribution is -2.38. The summed E-state index contributed by atoms with van der Waals surface area (Å²) < 4.78 is 4.97. The van der Waals surface area contributed by atoms with Crippen molar-refractivity contribution in [3.8, 4) is 0 Å². The van der Waals surface area contributed by atoms with Crippen LogP contribution in [0.15, 0.2) is 24.3 Å². The molecule has 0 fully saturated rings. The van der Waals surface area contributed by atoms with Gasteiger partial charge in [-0.05, 0) is 17.0 Å². The van der Waals surface area contributed by atoms with Crippen molar-refractivity contribution in [2.24, 2.45) is 0 Å². The van der Waals surface area contributed by atoms with E-state index < -0.39 is 6.10 Å². The van der Waals surface area contributed by atoms with Crippen molar-refractivity contribution in [2.75, 3.05) is 26.9 Å². The molecule has 0 radical (unpaired) electrons. The summed E-state index contributed by atoms with van der Waals surface area (Å²) in [5.74, 6) is 0.491. The van der Waals surface area contributed by atoms with E-state index in [1.165, 1.54) is 5.56 Å². The molecule has 0 saturated carbocycles. The fourth-order valence-corrected chi connectivity index (χ4v) is 1.88. The molecule has 0 saturated heterocycles. The highest BCUT2D eigenvalue weighted by molar-refractivity contribution is 5.26. The quantitative estimate of drug-likeness (QED) is 0.667. The predicted molar refractivity (Wildman–Crippen MR) is 76.2 cm³/mol. The molecule has 4 nitrogen and oxygen atoms in total. The van der Waals surface area contributed by atoms with Gasteiger partial charge >= 0.3 is 0 Å². The van der Waals surface area contributed by atoms with Crippen molar-refractivity contribution in [3.05, 3.63) is 35.4 Å². The molecule has 108 valence electrons. The van der Waals surface area contributed by atoms with E-state index in [0.717, 1.165) is 5.56 Å². The maximum Gasteiger partial charge on any atom is 0.0914 e. The first-order chi connectivity index (χ1) is 9.08. The van der Waals surface area contributed by atoms with Crippen LogP contribution in [-0.2, 0) is 4.74 Å². The van der Waals surface area contributed by atoms with E-state index in [0.29, 0.717) is 19.1 Å². The minimum Gasteiger partial charge on any atom is -0.395 e. The Morgan fingerprint density at radius 3 is 2.21 bits per heavy atom. The van der Waals surface area contributed by atoms with E-state index in [-0.39, 0.29) is 12.6 Å². The first kappa shape index (κ1) is 16.1. The summed E-state index contributed by atoms with van der Waals surface area (Å²) in [6, 6.07) is 7.84. The minimum absolute atomic E-state index is 0.00710. The van der Waals surface area contributed by atoms with E-state index in [1.54, 1.807) is 7.11 Å². The molecular weight excluding hydrogens is 242 g/mol. The summed E-state index contributed by atoms with van der Waals surface area (Å²) >= 11 is 0. The van der Waals surface area contributed by atoms with E-state index in [1.807, 2.05) is 24.3 Å². The third-order valence-corrected chi connectivity index (χ3v) is 3.18. The molecule has 2 unspecified atom stereocenters. The molecule has 0 amide bonds. The van der Waals surface area contributed by atoms with E-state index in [9.17, 15) is 5.11 Å². The summed E-state index contributed by atoms with van der Waals surface area (Å²) in [5, 5.41) is 22.3. The average Bonchev–Trinajstić information content (AvgIpc) is 2.43. The molecule has 4 heteroatoms. The largest absolute Gasteiger partial charge is 0.395 e. The van der Waals surface area contributed by atoms with E-state index in [4.69, 9.17) is 9.84 Å². The van der Waals surface area contributed by atoms with E-state index in [2.05, 4.69) is 19.2 Å². The Morgan fingerprint density at radius 1 is 1.16 bits per heavy atom. The van der Waals surface area contributed by atoms with Gasteiger partial charge in [-0.15, -0.1) is 0 Å². The van der Waals surface area contributed by atoms with Gasteiger partial charge in [0.1, 0.15) is 0 Å². The lowest BCUT2D eigenvalue weighted by atomic mass is 10.00. The van der Waals surface area contributed by atoms with Crippen LogP contribution >= 0.6 is 0 Å². The number of hydrogen-bond donors (Lipinski definition) is 3. The van der Waals surface area contributed by atoms with Crippen molar-refractivity contribution in [2.45, 2.75) is 31.9 Å². The van der Waals surface area contributed by atoms with Crippen molar-refractivity contribution in [1.29, 1.82) is 0 Å². The molecule has 0 aromatic heterocycles. The Labute approximate surface area is 115 Å². The van der Waals surface area contributed by atoms with Gasteiger partial charge in [0, 0.05) is 13.7 Å². The van der Waals surface area contributed by atoms with Crippen LogP contribution < -0.4 is 5.32 Å². The monoisotopic (exact) mass is 267 g/mol. The molecule has 0 aliphatic rings. The van der Waals surface area contributed by atoms with Crippen LogP contribution in [0.1, 0.15) is 37.0 Å². The normalized spacial score (nSPS) is 14.6. The SMILES string of the molecule is COCC(CO)NCC(O)c1ccc(C(C)C)cc1. The Bertz CT molecular complexity index is 351. The van der Waals surface area contributed by atoms with Gasteiger partial charge < -0.3 is 20.3 Å². The van der Waals surface area contributed by atoms with Crippen LogP contribution in [0.2, 0.25) is 0 Å². The van der Waals surface area contributed by atoms with Gasteiger partial charge in [0.25, 0.3) is 0 Å². The number of ether oxygens (including phenoxy) is 1. The van der Waals surface area contributed by atoms with Crippen LogP contribution in [-0.4, -0.2) is 43.1 Å². The minimum atomic E-state index is -0.577. The molecule has 0 bridgehead atoms. The summed E-state index contributed by atoms with van der Waals surface area (Å²) in [7, 11) is 1.59. The second-order valence-corrected chi connectivity index (χ2v) is 5.08. The molecule has 19 heavy (non-hydrogen) atoms. The number of nitrogens with one attached hydrogen (secondary N) is 1. The molecule has 2 atom stereocenters. The van der Waals surface area contributed by atoms with Crippen LogP contribution in [0.25, 0.3) is 0 Å². The van der Waals surface area contributed by atoms with Crippen LogP contribution in [0.5, 0.6) is 0 Å². The summed E-state index contributed by atoms with van der Waals surface area (Å²) in [4.78, 5) is 0. The maximum absolute atomic E-state index is 10.1. The number of benzene rings is 1. The highest BCUT2D eigenvalue weighted by atomic mass is 16.5. The Kier molecular flexibility index (Phi) is 7.02. The van der Waals surface area contributed by atoms with Crippen molar-refractivity contribution >= 4 is 0 Å². The number of methoxy groups -OCH3 is 1. The standard InChI is InChI=1S/C15H25NO3/c1-11(2)12-4-6-13(7-5-12)15(18)8-16-14(9-17)10-19-3/h4-7,11,14-18H,8-10H2,1-3H3. The molecule has 0 aliphatic heterocycles. The highest BCUT2D eigenvalue weighted by Crippen LogP contribution is 2.18. The molecule has 0 heterocycles. The molecule has 0 aliphatic carbocycles. The van der Waals surface area contributed by atoms with Crippen molar-refractivity contribution in [3.63, 3.8) is 0 Å². The Balaban J connectivity index is 2.50. The molecular formula is C15H25NO3. The molecule has 0 spiro atoms. The fourth-order valence-electron chi connectivity index (χ4n) is 1.88. The molecule has 3 N–H and O–H groups in total. The zero-order valence-electron chi connectivity index (χ0n) is 12.0. The Hall–Kier alpha value is -0.940. The lowest BCUT2D eigenvalue weighted by molar-refractivity contribution is 0.111. The highest BCUT2D eigenvalue weighted by Gasteiger charge is 2.12. The van der Waals surface area contributed by atoms with Gasteiger partial charge in [-0.25, -0.2) is 0 Å². The van der Waals surface area contributed by atoms with Crippen molar-refractivity contribution in [1.82, 2.24) is 5.32 Å². The topological polar surface area (TPSA) is 61.7 Å². The molecule has 1 rings (SSSR count). The fraction of sp³-hybridized carbons (Fsp3) is 0.600. The summed E-state index contributed by atoms with van der Waals surface area (Å²) in [6.45, 7) is 5.10. The molecule has 1 aromatic carbocycles. The van der Waals surface area contributed by atoms with Gasteiger partial charge in [-0.3, -0.25) is 0 Å². The van der Waals surface area contributed by atoms with E-state index >= 15 is 0 Å². The van der Waals surface area contributed by atoms with Crippen molar-refractivity contribution < 1.29 is 14.9 Å². The smallest absolute Gasteiger partial charge is 0.0914 e. The number of rotatable bonds is 8. The number of aliphatic hydroxyl groups is 2. The second kappa shape index (κ2) is 8.27. The average molecular weight is 267 g/mol. The van der Waals surface area contributed by atoms with Crippen LogP contribution in [0, 0.1) is 0 Å².